The highest BCUT2D eigenvalue weighted by molar-refractivity contribution is 6.02. The van der Waals surface area contributed by atoms with Gasteiger partial charge in [-0.15, -0.1) is 0 Å². The minimum atomic E-state index is -1.16. The normalized spacial score (nSPS) is 13.7. The van der Waals surface area contributed by atoms with Crippen molar-refractivity contribution in [3.05, 3.63) is 11.1 Å². The van der Waals surface area contributed by atoms with Gasteiger partial charge in [0.1, 0.15) is 6.04 Å². The first-order chi connectivity index (χ1) is 8.22. The van der Waals surface area contributed by atoms with E-state index in [1.54, 1.807) is 13.8 Å². The van der Waals surface area contributed by atoms with Crippen molar-refractivity contribution in [3.63, 3.8) is 0 Å². The molecule has 0 aliphatic carbocycles. The summed E-state index contributed by atoms with van der Waals surface area (Å²) >= 11 is 0. The molecule has 0 bridgehead atoms. The third-order valence-electron chi connectivity index (χ3n) is 2.63. The van der Waals surface area contributed by atoms with Crippen molar-refractivity contribution in [3.8, 4) is 0 Å². The first-order valence-electron chi connectivity index (χ1n) is 5.51. The van der Waals surface area contributed by atoms with Crippen molar-refractivity contribution >= 4 is 17.8 Å². The van der Waals surface area contributed by atoms with Crippen LogP contribution in [0.3, 0.4) is 0 Å². The van der Waals surface area contributed by atoms with Gasteiger partial charge in [-0.2, -0.15) is 0 Å². The van der Waals surface area contributed by atoms with Crippen LogP contribution in [0.4, 0.5) is 0 Å². The Morgan fingerprint density at radius 1 is 1.11 bits per heavy atom. The summed E-state index contributed by atoms with van der Waals surface area (Å²) in [5, 5.41) is 11.2. The molecule has 0 spiro atoms. The van der Waals surface area contributed by atoms with Crippen LogP contribution in [0.2, 0.25) is 0 Å². The summed E-state index contributed by atoms with van der Waals surface area (Å²) in [6.45, 7) is 6.24. The molecule has 1 atom stereocenters. The van der Waals surface area contributed by atoms with Gasteiger partial charge in [-0.1, -0.05) is 13.8 Å². The maximum atomic E-state index is 11.8. The molecule has 102 valence electrons. The number of carbonyl (C=O) groups excluding carboxylic acids is 2. The Morgan fingerprint density at radius 2 is 1.61 bits per heavy atom. The van der Waals surface area contributed by atoms with Crippen LogP contribution in [-0.4, -0.2) is 36.1 Å². The van der Waals surface area contributed by atoms with Crippen LogP contribution in [0.5, 0.6) is 0 Å². The zero-order valence-electron chi connectivity index (χ0n) is 11.2. The first-order valence-corrected chi connectivity index (χ1v) is 5.51. The van der Waals surface area contributed by atoms with Crippen molar-refractivity contribution in [1.82, 2.24) is 5.32 Å². The number of carboxylic acids is 1. The number of hydrogen-bond acceptors (Lipinski definition) is 4. The van der Waals surface area contributed by atoms with E-state index in [0.717, 1.165) is 0 Å². The minimum Gasteiger partial charge on any atom is -0.478 e. The fourth-order valence-electron chi connectivity index (χ4n) is 1.20. The molecule has 0 fully saturated rings. The monoisotopic (exact) mass is 257 g/mol. The van der Waals surface area contributed by atoms with Gasteiger partial charge in [0.15, 0.2) is 0 Å². The zero-order chi connectivity index (χ0) is 14.5. The lowest BCUT2D eigenvalue weighted by atomic mass is 10.0. The molecule has 0 rings (SSSR count). The number of rotatable bonds is 5. The van der Waals surface area contributed by atoms with E-state index in [-0.39, 0.29) is 17.1 Å². The van der Waals surface area contributed by atoms with Crippen molar-refractivity contribution < 1.29 is 24.2 Å². The van der Waals surface area contributed by atoms with Gasteiger partial charge in [-0.05, 0) is 19.8 Å². The Labute approximate surface area is 106 Å². The maximum absolute atomic E-state index is 11.8. The van der Waals surface area contributed by atoms with Crippen LogP contribution < -0.4 is 5.32 Å². The van der Waals surface area contributed by atoms with E-state index in [2.05, 4.69) is 10.1 Å². The number of aliphatic carboxylic acids is 1. The van der Waals surface area contributed by atoms with Gasteiger partial charge in [-0.25, -0.2) is 9.59 Å². The number of amides is 1. The number of carbonyl (C=O) groups is 3. The van der Waals surface area contributed by atoms with Crippen molar-refractivity contribution in [2.24, 2.45) is 5.92 Å². The summed E-state index contributed by atoms with van der Waals surface area (Å²) in [5.74, 6) is -2.46. The largest absolute Gasteiger partial charge is 0.478 e. The lowest BCUT2D eigenvalue weighted by Gasteiger charge is -2.20. The average molecular weight is 257 g/mol. The molecular formula is C12H19NO5. The highest BCUT2D eigenvalue weighted by Gasteiger charge is 2.26. The van der Waals surface area contributed by atoms with E-state index in [4.69, 9.17) is 5.11 Å². The molecule has 0 aromatic heterocycles. The number of carboxylic acid groups (broad SMARTS) is 1. The van der Waals surface area contributed by atoms with E-state index in [9.17, 15) is 14.4 Å². The molecule has 0 saturated heterocycles. The van der Waals surface area contributed by atoms with Gasteiger partial charge >= 0.3 is 11.9 Å². The molecule has 0 aromatic carbocycles. The van der Waals surface area contributed by atoms with Gasteiger partial charge in [0.05, 0.1) is 7.11 Å². The second-order valence-corrected chi connectivity index (χ2v) is 4.27. The Hall–Kier alpha value is -1.85. The molecule has 1 unspecified atom stereocenters. The Bertz CT molecular complexity index is 384. The lowest BCUT2D eigenvalue weighted by molar-refractivity contribution is -0.145. The molecule has 0 saturated carbocycles. The summed E-state index contributed by atoms with van der Waals surface area (Å²) in [7, 11) is 1.23. The molecule has 1 amide bonds. The Balaban J connectivity index is 4.98. The molecule has 0 aromatic rings. The maximum Gasteiger partial charge on any atom is 0.331 e. The van der Waals surface area contributed by atoms with Gasteiger partial charge in [-0.3, -0.25) is 4.79 Å². The van der Waals surface area contributed by atoms with Crippen molar-refractivity contribution in [1.29, 1.82) is 0 Å². The van der Waals surface area contributed by atoms with Gasteiger partial charge in [0.2, 0.25) is 5.91 Å². The molecule has 6 heteroatoms. The lowest BCUT2D eigenvalue weighted by Crippen LogP contribution is -2.45. The third kappa shape index (κ3) is 4.20. The molecule has 6 nitrogen and oxygen atoms in total. The fraction of sp³-hybridized carbons (Fsp3) is 0.583. The topological polar surface area (TPSA) is 92.7 Å². The number of methoxy groups -OCH3 is 1. The molecular weight excluding hydrogens is 238 g/mol. The molecule has 18 heavy (non-hydrogen) atoms. The third-order valence-corrected chi connectivity index (χ3v) is 2.63. The summed E-state index contributed by atoms with van der Waals surface area (Å²) in [5.41, 5.74) is 0.0110. The standard InChI is InChI=1S/C12H19NO5/c1-6(2)9(12(17)18-5)13-10(14)7(3)8(4)11(15)16/h6,9H,1-5H3,(H,13,14)(H,15,16). The number of ether oxygens (including phenoxy) is 1. The first kappa shape index (κ1) is 16.1. The minimum absolute atomic E-state index is 0.0557. The molecule has 0 aliphatic rings. The van der Waals surface area contributed by atoms with E-state index < -0.39 is 23.9 Å². The quantitative estimate of drug-likeness (QED) is 0.559. The molecule has 0 heterocycles. The van der Waals surface area contributed by atoms with E-state index >= 15 is 0 Å². The van der Waals surface area contributed by atoms with Gasteiger partial charge in [0, 0.05) is 11.1 Å². The summed E-state index contributed by atoms with van der Waals surface area (Å²) in [6, 6.07) is -0.793. The van der Waals surface area contributed by atoms with E-state index in [0.29, 0.717) is 0 Å². The Kier molecular flexibility index (Phi) is 6.08. The highest BCUT2D eigenvalue weighted by atomic mass is 16.5. The zero-order valence-corrected chi connectivity index (χ0v) is 11.2. The molecule has 0 aliphatic heterocycles. The van der Waals surface area contributed by atoms with Crippen molar-refractivity contribution in [2.45, 2.75) is 33.7 Å². The fourth-order valence-corrected chi connectivity index (χ4v) is 1.20. The molecule has 2 N–H and O–H groups in total. The summed E-state index contributed by atoms with van der Waals surface area (Å²) in [6.07, 6.45) is 0. The van der Waals surface area contributed by atoms with Crippen molar-refractivity contribution in [2.75, 3.05) is 7.11 Å². The van der Waals surface area contributed by atoms with E-state index in [1.165, 1.54) is 21.0 Å². The second-order valence-electron chi connectivity index (χ2n) is 4.27. The second kappa shape index (κ2) is 6.78. The van der Waals surface area contributed by atoms with Crippen LogP contribution in [0.15, 0.2) is 11.1 Å². The number of hydrogen-bond donors (Lipinski definition) is 2. The van der Waals surface area contributed by atoms with Crippen LogP contribution >= 0.6 is 0 Å². The van der Waals surface area contributed by atoms with Crippen LogP contribution in [0, 0.1) is 5.92 Å². The predicted molar refractivity (Wildman–Crippen MR) is 64.8 cm³/mol. The van der Waals surface area contributed by atoms with E-state index in [1.807, 2.05) is 0 Å². The molecule has 0 radical (unpaired) electrons. The number of nitrogens with one attached hydrogen (secondary N) is 1. The SMILES string of the molecule is COC(=O)C(NC(=O)C(C)=C(C)C(=O)O)C(C)C. The summed E-state index contributed by atoms with van der Waals surface area (Å²) < 4.78 is 4.58. The van der Waals surface area contributed by atoms with Crippen LogP contribution in [0.1, 0.15) is 27.7 Å². The Morgan fingerprint density at radius 3 is 1.94 bits per heavy atom. The predicted octanol–water partition coefficient (Wildman–Crippen LogP) is 0.721. The smallest absolute Gasteiger partial charge is 0.331 e. The van der Waals surface area contributed by atoms with Gasteiger partial charge < -0.3 is 15.2 Å². The average Bonchev–Trinajstić information content (AvgIpc) is 2.32. The van der Waals surface area contributed by atoms with Gasteiger partial charge in [0.25, 0.3) is 0 Å². The highest BCUT2D eigenvalue weighted by Crippen LogP contribution is 2.08. The summed E-state index contributed by atoms with van der Waals surface area (Å²) in [4.78, 5) is 34.0. The van der Waals surface area contributed by atoms with Crippen LogP contribution in [-0.2, 0) is 19.1 Å². The van der Waals surface area contributed by atoms with Crippen LogP contribution in [0.25, 0.3) is 0 Å². The number of esters is 1.